The van der Waals surface area contributed by atoms with Crippen LogP contribution in [0.1, 0.15) is 50.7 Å². The molecule has 1 fully saturated rings. The summed E-state index contributed by atoms with van der Waals surface area (Å²) in [6, 6.07) is 0. The van der Waals surface area contributed by atoms with Gasteiger partial charge in [-0.25, -0.2) is 4.98 Å². The molecule has 1 aliphatic carbocycles. The maximum absolute atomic E-state index is 12.2. The summed E-state index contributed by atoms with van der Waals surface area (Å²) in [5.41, 5.74) is 0.833. The number of aromatic nitrogens is 1. The fourth-order valence-electron chi connectivity index (χ4n) is 2.12. The Morgan fingerprint density at radius 1 is 1.50 bits per heavy atom. The van der Waals surface area contributed by atoms with Crippen LogP contribution < -0.4 is 0 Å². The molecule has 1 atom stereocenters. The van der Waals surface area contributed by atoms with E-state index in [1.165, 1.54) is 0 Å². The van der Waals surface area contributed by atoms with Gasteiger partial charge in [0.2, 0.25) is 0 Å². The highest BCUT2D eigenvalue weighted by Gasteiger charge is 2.45. The summed E-state index contributed by atoms with van der Waals surface area (Å²) in [6.07, 6.45) is 1.91. The summed E-state index contributed by atoms with van der Waals surface area (Å²) in [6.45, 7) is 6.32. The van der Waals surface area contributed by atoms with Crippen LogP contribution in [0, 0.1) is 5.41 Å². The predicted molar refractivity (Wildman–Crippen MR) is 81.4 cm³/mol. The number of nitrogens with zero attached hydrogens (tertiary/aromatic N) is 1. The van der Waals surface area contributed by atoms with E-state index in [0.717, 1.165) is 23.5 Å². The van der Waals surface area contributed by atoms with E-state index >= 15 is 0 Å². The monoisotopic (exact) mass is 315 g/mol. The lowest BCUT2D eigenvalue weighted by molar-refractivity contribution is -0.138. The molecule has 1 saturated carbocycles. The van der Waals surface area contributed by atoms with Gasteiger partial charge in [0, 0.05) is 27.3 Å². The molecule has 2 rings (SSSR count). The van der Waals surface area contributed by atoms with Crippen LogP contribution in [0.3, 0.4) is 0 Å². The van der Waals surface area contributed by atoms with Gasteiger partial charge in [0.05, 0.1) is 17.9 Å². The maximum Gasteiger partial charge on any atom is 0.303 e. The minimum Gasteiger partial charge on any atom is -0.481 e. The molecule has 1 N–H and O–H groups in total. The molecule has 0 aliphatic heterocycles. The minimum atomic E-state index is -1.02. The van der Waals surface area contributed by atoms with Gasteiger partial charge in [-0.15, -0.1) is 11.3 Å². The molecule has 112 valence electrons. The Bertz CT molecular complexity index is 527. The second kappa shape index (κ2) is 5.56. The summed E-state index contributed by atoms with van der Waals surface area (Å²) in [7, 11) is -1.02. The number of rotatable bonds is 6. The maximum atomic E-state index is 12.2. The molecule has 0 spiro atoms. The van der Waals surface area contributed by atoms with Crippen LogP contribution >= 0.6 is 11.3 Å². The van der Waals surface area contributed by atoms with E-state index in [1.54, 1.807) is 11.3 Å². The number of carbonyl (C=O) groups is 1. The Morgan fingerprint density at radius 2 is 2.15 bits per heavy atom. The molecule has 0 radical (unpaired) electrons. The third-order valence-corrected chi connectivity index (χ3v) is 6.12. The van der Waals surface area contributed by atoms with E-state index in [4.69, 9.17) is 5.11 Å². The van der Waals surface area contributed by atoms with Gasteiger partial charge in [0.1, 0.15) is 5.01 Å². The molecule has 0 bridgehead atoms. The molecule has 1 aromatic rings. The van der Waals surface area contributed by atoms with Gasteiger partial charge >= 0.3 is 5.97 Å². The summed E-state index contributed by atoms with van der Waals surface area (Å²) in [5.74, 6) is 0.148. The van der Waals surface area contributed by atoms with Gasteiger partial charge in [-0.1, -0.05) is 20.8 Å². The number of carboxylic acid groups (broad SMARTS) is 1. The van der Waals surface area contributed by atoms with Crippen molar-refractivity contribution in [3.8, 4) is 0 Å². The van der Waals surface area contributed by atoms with Crippen LogP contribution in [0.15, 0.2) is 5.38 Å². The van der Waals surface area contributed by atoms with E-state index in [2.05, 4.69) is 25.8 Å². The second-order valence-corrected chi connectivity index (χ2v) is 9.08. The van der Waals surface area contributed by atoms with Crippen LogP contribution in [0.2, 0.25) is 0 Å². The molecule has 6 heteroatoms. The number of thiazole rings is 1. The molecule has 1 unspecified atom stereocenters. The zero-order chi connectivity index (χ0) is 15.0. The standard InChI is InChI=1S/C14H21NO3S2/c1-13(2,3)10-7-19-11(15-10)8-20(18)9-14(4-5-14)6-12(16)17/h7H,4-6,8-9H2,1-3H3,(H,16,17). The summed E-state index contributed by atoms with van der Waals surface area (Å²) >= 11 is 1.54. The number of hydrogen-bond donors (Lipinski definition) is 1. The van der Waals surface area contributed by atoms with Crippen molar-refractivity contribution in [2.75, 3.05) is 5.75 Å². The Kier molecular flexibility index (Phi) is 4.35. The first kappa shape index (κ1) is 15.6. The van der Waals surface area contributed by atoms with Gasteiger partial charge in [0.25, 0.3) is 0 Å². The Hall–Kier alpha value is -0.750. The van der Waals surface area contributed by atoms with Gasteiger partial charge in [-0.05, 0) is 18.3 Å². The van der Waals surface area contributed by atoms with E-state index < -0.39 is 16.8 Å². The van der Waals surface area contributed by atoms with E-state index in [0.29, 0.717) is 11.5 Å². The molecule has 1 aromatic heterocycles. The molecular formula is C14H21NO3S2. The van der Waals surface area contributed by atoms with E-state index in [9.17, 15) is 9.00 Å². The van der Waals surface area contributed by atoms with E-state index in [1.807, 2.05) is 5.38 Å². The fourth-order valence-corrected chi connectivity index (χ4v) is 5.11. The first-order valence-electron chi connectivity index (χ1n) is 6.72. The Morgan fingerprint density at radius 3 is 2.60 bits per heavy atom. The van der Waals surface area contributed by atoms with Crippen molar-refractivity contribution >= 4 is 28.1 Å². The summed E-state index contributed by atoms with van der Waals surface area (Å²) < 4.78 is 12.2. The first-order chi connectivity index (χ1) is 9.20. The van der Waals surface area contributed by atoms with E-state index in [-0.39, 0.29) is 17.3 Å². The highest BCUT2D eigenvalue weighted by atomic mass is 32.2. The first-order valence-corrected chi connectivity index (χ1v) is 9.09. The number of carboxylic acids is 1. The lowest BCUT2D eigenvalue weighted by Crippen LogP contribution is -2.17. The summed E-state index contributed by atoms with van der Waals surface area (Å²) in [5, 5.41) is 11.8. The summed E-state index contributed by atoms with van der Waals surface area (Å²) in [4.78, 5) is 15.3. The Labute approximate surface area is 126 Å². The van der Waals surface area contributed by atoms with Gasteiger partial charge < -0.3 is 5.11 Å². The van der Waals surface area contributed by atoms with Crippen molar-refractivity contribution in [2.45, 2.75) is 51.2 Å². The zero-order valence-corrected chi connectivity index (χ0v) is 13.8. The van der Waals surface area contributed by atoms with Crippen LogP contribution in [-0.4, -0.2) is 26.0 Å². The highest BCUT2D eigenvalue weighted by molar-refractivity contribution is 7.84. The molecule has 0 amide bonds. The average molecular weight is 315 g/mol. The van der Waals surface area contributed by atoms with Crippen molar-refractivity contribution in [3.63, 3.8) is 0 Å². The van der Waals surface area contributed by atoms with Crippen molar-refractivity contribution in [1.82, 2.24) is 4.98 Å². The molecule has 0 saturated heterocycles. The minimum absolute atomic E-state index is 0.0112. The van der Waals surface area contributed by atoms with Crippen molar-refractivity contribution in [2.24, 2.45) is 5.41 Å². The molecule has 4 nitrogen and oxygen atoms in total. The smallest absolute Gasteiger partial charge is 0.303 e. The topological polar surface area (TPSA) is 67.3 Å². The van der Waals surface area contributed by atoms with Crippen LogP contribution in [-0.2, 0) is 26.8 Å². The molecule has 1 heterocycles. The number of aliphatic carboxylic acids is 1. The van der Waals surface area contributed by atoms with Crippen molar-refractivity contribution in [3.05, 3.63) is 16.1 Å². The predicted octanol–water partition coefficient (Wildman–Crippen LogP) is 2.94. The van der Waals surface area contributed by atoms with Crippen molar-refractivity contribution < 1.29 is 14.1 Å². The zero-order valence-electron chi connectivity index (χ0n) is 12.1. The van der Waals surface area contributed by atoms with Crippen molar-refractivity contribution in [1.29, 1.82) is 0 Å². The van der Waals surface area contributed by atoms with Gasteiger partial charge in [0.15, 0.2) is 0 Å². The fraction of sp³-hybridized carbons (Fsp3) is 0.714. The largest absolute Gasteiger partial charge is 0.481 e. The molecule has 0 aromatic carbocycles. The quantitative estimate of drug-likeness (QED) is 0.876. The molecule has 20 heavy (non-hydrogen) atoms. The lowest BCUT2D eigenvalue weighted by Gasteiger charge is -2.14. The van der Waals surface area contributed by atoms with Crippen LogP contribution in [0.5, 0.6) is 0 Å². The van der Waals surface area contributed by atoms with Crippen LogP contribution in [0.25, 0.3) is 0 Å². The number of hydrogen-bond acceptors (Lipinski definition) is 4. The van der Waals surface area contributed by atoms with Gasteiger partial charge in [-0.2, -0.15) is 0 Å². The lowest BCUT2D eigenvalue weighted by atomic mass is 9.93. The van der Waals surface area contributed by atoms with Gasteiger partial charge in [-0.3, -0.25) is 9.00 Å². The Balaban J connectivity index is 1.92. The van der Waals surface area contributed by atoms with Crippen LogP contribution in [0.4, 0.5) is 0 Å². The third kappa shape index (κ3) is 4.12. The third-order valence-electron chi connectivity index (χ3n) is 3.56. The second-order valence-electron chi connectivity index (χ2n) is 6.68. The SMILES string of the molecule is CC(C)(C)c1csc(CS(=O)CC2(CC(=O)O)CC2)n1. The normalized spacial score (nSPS) is 18.8. The average Bonchev–Trinajstić information content (AvgIpc) is 2.84. The molecule has 1 aliphatic rings. The highest BCUT2D eigenvalue weighted by Crippen LogP contribution is 2.49. The molecular weight excluding hydrogens is 294 g/mol.